The molecule has 1 atom stereocenters. The molecule has 0 fully saturated rings. The highest BCUT2D eigenvalue weighted by atomic mass is 16.5. The zero-order chi connectivity index (χ0) is 8.74. The van der Waals surface area contributed by atoms with Gasteiger partial charge in [-0.05, 0) is 0 Å². The molecule has 0 aromatic rings. The predicted octanol–water partition coefficient (Wildman–Crippen LogP) is 0.0336. The molecule has 0 amide bonds. The van der Waals surface area contributed by atoms with Crippen LogP contribution in [-0.2, 0) is 9.47 Å². The minimum atomic E-state index is -1.18. The standard InChI is InChI=1S/C8H14O3/c1-4-8(9,7-11-3)5-6-10-2/h1,9H,5-7H2,2-3H3/t8-/m1/s1. The van der Waals surface area contributed by atoms with Crippen LogP contribution in [0.4, 0.5) is 0 Å². The third kappa shape index (κ3) is 3.99. The number of methoxy groups -OCH3 is 2. The Kier molecular flexibility index (Phi) is 4.88. The molecule has 0 unspecified atom stereocenters. The quantitative estimate of drug-likeness (QED) is 0.574. The largest absolute Gasteiger partial charge is 0.385 e. The normalized spacial score (nSPS) is 15.5. The van der Waals surface area contributed by atoms with Gasteiger partial charge in [0.1, 0.15) is 0 Å². The summed E-state index contributed by atoms with van der Waals surface area (Å²) >= 11 is 0. The third-order valence-corrected chi connectivity index (χ3v) is 1.37. The van der Waals surface area contributed by atoms with Crippen LogP contribution in [0.2, 0.25) is 0 Å². The first-order chi connectivity index (χ1) is 5.18. The van der Waals surface area contributed by atoms with E-state index in [1.54, 1.807) is 7.11 Å². The van der Waals surface area contributed by atoms with E-state index in [2.05, 4.69) is 5.92 Å². The maximum absolute atomic E-state index is 9.51. The molecule has 0 aromatic heterocycles. The van der Waals surface area contributed by atoms with E-state index in [-0.39, 0.29) is 6.61 Å². The molecule has 0 aliphatic heterocycles. The van der Waals surface area contributed by atoms with Gasteiger partial charge in [0.15, 0.2) is 5.60 Å². The van der Waals surface area contributed by atoms with Gasteiger partial charge in [-0.1, -0.05) is 5.92 Å². The average molecular weight is 158 g/mol. The molecule has 1 N–H and O–H groups in total. The molecule has 3 nitrogen and oxygen atoms in total. The lowest BCUT2D eigenvalue weighted by molar-refractivity contribution is -0.00731. The van der Waals surface area contributed by atoms with Crippen LogP contribution in [0, 0.1) is 12.3 Å². The van der Waals surface area contributed by atoms with E-state index in [0.717, 1.165) is 0 Å². The molecular weight excluding hydrogens is 144 g/mol. The Labute approximate surface area is 67.3 Å². The van der Waals surface area contributed by atoms with Crippen LogP contribution in [0.3, 0.4) is 0 Å². The fourth-order valence-corrected chi connectivity index (χ4v) is 0.696. The second kappa shape index (κ2) is 5.14. The maximum Gasteiger partial charge on any atom is 0.150 e. The van der Waals surface area contributed by atoms with Crippen molar-refractivity contribution in [3.05, 3.63) is 0 Å². The van der Waals surface area contributed by atoms with Crippen LogP contribution < -0.4 is 0 Å². The second-order valence-electron chi connectivity index (χ2n) is 2.35. The summed E-state index contributed by atoms with van der Waals surface area (Å²) in [6, 6.07) is 0. The zero-order valence-electron chi connectivity index (χ0n) is 6.96. The molecule has 0 aliphatic carbocycles. The van der Waals surface area contributed by atoms with Crippen LogP contribution in [0.15, 0.2) is 0 Å². The van der Waals surface area contributed by atoms with Crippen molar-refractivity contribution >= 4 is 0 Å². The van der Waals surface area contributed by atoms with Gasteiger partial charge in [0.05, 0.1) is 6.61 Å². The molecule has 0 saturated carbocycles. The van der Waals surface area contributed by atoms with Gasteiger partial charge in [0.25, 0.3) is 0 Å². The summed E-state index contributed by atoms with van der Waals surface area (Å²) in [7, 11) is 3.05. The van der Waals surface area contributed by atoms with Crippen molar-refractivity contribution in [1.29, 1.82) is 0 Å². The van der Waals surface area contributed by atoms with E-state index >= 15 is 0 Å². The minimum absolute atomic E-state index is 0.146. The van der Waals surface area contributed by atoms with Gasteiger partial charge < -0.3 is 14.6 Å². The lowest BCUT2D eigenvalue weighted by Gasteiger charge is -2.20. The van der Waals surface area contributed by atoms with Crippen LogP contribution in [0.25, 0.3) is 0 Å². The Balaban J connectivity index is 3.81. The molecular formula is C8H14O3. The summed E-state index contributed by atoms with van der Waals surface area (Å²) in [4.78, 5) is 0. The highest BCUT2D eigenvalue weighted by Crippen LogP contribution is 2.08. The van der Waals surface area contributed by atoms with Crippen molar-refractivity contribution in [3.63, 3.8) is 0 Å². The van der Waals surface area contributed by atoms with Gasteiger partial charge in [0, 0.05) is 27.2 Å². The van der Waals surface area contributed by atoms with Crippen LogP contribution in [-0.4, -0.2) is 38.1 Å². The predicted molar refractivity (Wildman–Crippen MR) is 42.2 cm³/mol. The van der Waals surface area contributed by atoms with Gasteiger partial charge in [-0.2, -0.15) is 0 Å². The number of rotatable bonds is 5. The fraction of sp³-hybridized carbons (Fsp3) is 0.750. The topological polar surface area (TPSA) is 38.7 Å². The molecule has 64 valence electrons. The summed E-state index contributed by atoms with van der Waals surface area (Å²) in [5, 5.41) is 9.51. The Bertz CT molecular complexity index is 139. The summed E-state index contributed by atoms with van der Waals surface area (Å²) in [6.45, 7) is 0.580. The molecule has 0 aliphatic rings. The maximum atomic E-state index is 9.51. The number of hydrogen-bond donors (Lipinski definition) is 1. The first kappa shape index (κ1) is 10.4. The number of aliphatic hydroxyl groups is 1. The van der Waals surface area contributed by atoms with Gasteiger partial charge in [-0.15, -0.1) is 6.42 Å². The van der Waals surface area contributed by atoms with E-state index in [9.17, 15) is 5.11 Å². The first-order valence-electron chi connectivity index (χ1n) is 3.36. The molecule has 3 heteroatoms. The van der Waals surface area contributed by atoms with Gasteiger partial charge in [0.2, 0.25) is 0 Å². The highest BCUT2D eigenvalue weighted by molar-refractivity contribution is 5.07. The number of hydrogen-bond acceptors (Lipinski definition) is 3. The fourth-order valence-electron chi connectivity index (χ4n) is 0.696. The summed E-state index contributed by atoms with van der Waals surface area (Å²) in [5.74, 6) is 2.26. The van der Waals surface area contributed by atoms with Crippen molar-refractivity contribution in [2.75, 3.05) is 27.4 Å². The molecule has 0 rings (SSSR count). The summed E-state index contributed by atoms with van der Waals surface area (Å²) < 4.78 is 9.52. The molecule has 11 heavy (non-hydrogen) atoms. The average Bonchev–Trinajstić information content (AvgIpc) is 2.02. The SMILES string of the molecule is C#C[C@@](O)(CCOC)COC. The highest BCUT2D eigenvalue weighted by Gasteiger charge is 2.22. The molecule has 0 radical (unpaired) electrons. The first-order valence-corrected chi connectivity index (χ1v) is 3.36. The smallest absolute Gasteiger partial charge is 0.150 e. The Morgan fingerprint density at radius 1 is 1.45 bits per heavy atom. The van der Waals surface area contributed by atoms with Crippen LogP contribution in [0.1, 0.15) is 6.42 Å². The Hall–Kier alpha value is -0.560. The zero-order valence-corrected chi connectivity index (χ0v) is 6.96. The van der Waals surface area contributed by atoms with Crippen molar-refractivity contribution in [2.24, 2.45) is 0 Å². The number of ether oxygens (including phenoxy) is 2. The minimum Gasteiger partial charge on any atom is -0.385 e. The molecule has 0 aromatic carbocycles. The van der Waals surface area contributed by atoms with Crippen molar-refractivity contribution in [3.8, 4) is 12.3 Å². The third-order valence-electron chi connectivity index (χ3n) is 1.37. The van der Waals surface area contributed by atoms with Crippen molar-refractivity contribution < 1.29 is 14.6 Å². The van der Waals surface area contributed by atoms with Crippen molar-refractivity contribution in [2.45, 2.75) is 12.0 Å². The van der Waals surface area contributed by atoms with E-state index < -0.39 is 5.60 Å². The van der Waals surface area contributed by atoms with Gasteiger partial charge in [-0.25, -0.2) is 0 Å². The number of terminal acetylenes is 1. The van der Waals surface area contributed by atoms with Crippen LogP contribution >= 0.6 is 0 Å². The monoisotopic (exact) mass is 158 g/mol. The summed E-state index contributed by atoms with van der Waals surface area (Å²) in [5.41, 5.74) is -1.18. The Morgan fingerprint density at radius 3 is 2.45 bits per heavy atom. The second-order valence-corrected chi connectivity index (χ2v) is 2.35. The van der Waals surface area contributed by atoms with E-state index in [1.807, 2.05) is 0 Å². The van der Waals surface area contributed by atoms with E-state index in [4.69, 9.17) is 15.9 Å². The van der Waals surface area contributed by atoms with Gasteiger partial charge >= 0.3 is 0 Å². The lowest BCUT2D eigenvalue weighted by atomic mass is 10.0. The molecule has 0 bridgehead atoms. The van der Waals surface area contributed by atoms with Crippen molar-refractivity contribution in [1.82, 2.24) is 0 Å². The Morgan fingerprint density at radius 2 is 2.09 bits per heavy atom. The van der Waals surface area contributed by atoms with E-state index in [0.29, 0.717) is 13.0 Å². The summed E-state index contributed by atoms with van der Waals surface area (Å²) in [6.07, 6.45) is 5.49. The molecule has 0 heterocycles. The molecule has 0 spiro atoms. The van der Waals surface area contributed by atoms with E-state index in [1.165, 1.54) is 7.11 Å². The van der Waals surface area contributed by atoms with Crippen LogP contribution in [0.5, 0.6) is 0 Å². The lowest BCUT2D eigenvalue weighted by Crippen LogP contribution is -2.33. The molecule has 0 saturated heterocycles. The van der Waals surface area contributed by atoms with Gasteiger partial charge in [-0.3, -0.25) is 0 Å².